The number of ether oxygens (including phenoxy) is 2. The molecule has 2 atom stereocenters. The number of ketones is 1. The molecule has 41 heavy (non-hydrogen) atoms. The number of thiophene rings is 1. The van der Waals surface area contributed by atoms with Crippen molar-refractivity contribution in [3.63, 3.8) is 0 Å². The number of furan rings is 1. The number of para-hydroxylation sites is 1. The van der Waals surface area contributed by atoms with Gasteiger partial charge in [-0.25, -0.2) is 14.4 Å². The molecule has 0 spiro atoms. The van der Waals surface area contributed by atoms with Crippen LogP contribution >= 0.6 is 27.3 Å². The second-order valence-corrected chi connectivity index (χ2v) is 10.5. The molecule has 0 aliphatic heterocycles. The second kappa shape index (κ2) is 11.6. The Bertz CT molecular complexity index is 1700. The number of carbonyl (C=O) groups excluding carboxylic acids is 1. The monoisotopic (exact) mass is 656 g/mol. The van der Waals surface area contributed by atoms with Gasteiger partial charge in [0.05, 0.1) is 20.4 Å². The Balaban J connectivity index is 1.41. The minimum absolute atomic E-state index is 0.00119. The van der Waals surface area contributed by atoms with Gasteiger partial charge in [0, 0.05) is 17.8 Å². The molecule has 4 aromatic heterocycles. The SMILES string of the molecule is CC(=O)[C@@H](Oc1ncnc2sc(-c3ccc(F)o3)c(Br)c12)[C@H](F)c1ccccc1OCc1ccnn1CC(F)(F)F. The molecule has 8 nitrogen and oxygen atoms in total. The van der Waals surface area contributed by atoms with Gasteiger partial charge in [-0.15, -0.1) is 11.3 Å². The maximum absolute atomic E-state index is 16.0. The number of hydrogen-bond donors (Lipinski definition) is 0. The van der Waals surface area contributed by atoms with Gasteiger partial charge in [-0.2, -0.15) is 22.7 Å². The fraction of sp³-hybridized carbons (Fsp3) is 0.231. The number of hydrogen-bond acceptors (Lipinski definition) is 8. The van der Waals surface area contributed by atoms with Crippen LogP contribution in [0.2, 0.25) is 0 Å². The number of alkyl halides is 4. The van der Waals surface area contributed by atoms with Crippen LogP contribution in [0.1, 0.15) is 24.4 Å². The number of nitrogens with zero attached hydrogens (tertiary/aromatic N) is 4. The van der Waals surface area contributed by atoms with Crippen molar-refractivity contribution in [1.82, 2.24) is 19.7 Å². The molecule has 5 rings (SSSR count). The molecule has 0 aliphatic carbocycles. The van der Waals surface area contributed by atoms with Crippen LogP contribution in [0.25, 0.3) is 20.9 Å². The summed E-state index contributed by atoms with van der Waals surface area (Å²) < 4.78 is 85.8. The van der Waals surface area contributed by atoms with Crippen LogP contribution in [0.3, 0.4) is 0 Å². The van der Waals surface area contributed by atoms with Crippen LogP contribution in [0.4, 0.5) is 22.0 Å². The number of Topliss-reactive ketones (excluding diaryl/α,β-unsaturated/α-hetero) is 1. The summed E-state index contributed by atoms with van der Waals surface area (Å²) in [6, 6.07) is 9.04. The summed E-state index contributed by atoms with van der Waals surface area (Å²) in [4.78, 5) is 21.8. The molecule has 214 valence electrons. The number of fused-ring (bicyclic) bond motifs is 1. The largest absolute Gasteiger partial charge is 0.487 e. The summed E-state index contributed by atoms with van der Waals surface area (Å²) >= 11 is 4.57. The van der Waals surface area contributed by atoms with Crippen molar-refractivity contribution in [3.8, 4) is 22.3 Å². The average molecular weight is 657 g/mol. The fourth-order valence-electron chi connectivity index (χ4n) is 3.98. The molecule has 0 saturated heterocycles. The van der Waals surface area contributed by atoms with Crippen LogP contribution in [-0.4, -0.2) is 37.8 Å². The van der Waals surface area contributed by atoms with Crippen molar-refractivity contribution in [2.24, 2.45) is 0 Å². The Morgan fingerprint density at radius 1 is 1.17 bits per heavy atom. The Labute approximate surface area is 240 Å². The zero-order valence-electron chi connectivity index (χ0n) is 20.9. The summed E-state index contributed by atoms with van der Waals surface area (Å²) in [5.41, 5.74) is 0.0563. The van der Waals surface area contributed by atoms with E-state index in [-0.39, 0.29) is 35.3 Å². The van der Waals surface area contributed by atoms with Gasteiger partial charge >= 0.3 is 6.18 Å². The summed E-state index contributed by atoms with van der Waals surface area (Å²) in [7, 11) is 0. The minimum atomic E-state index is -4.49. The normalized spacial score (nSPS) is 13.3. The first kappa shape index (κ1) is 28.7. The third-order valence-electron chi connectivity index (χ3n) is 5.82. The summed E-state index contributed by atoms with van der Waals surface area (Å²) in [5, 5.41) is 3.99. The summed E-state index contributed by atoms with van der Waals surface area (Å²) in [6.07, 6.45) is -5.84. The number of aromatic nitrogens is 4. The molecule has 15 heteroatoms. The minimum Gasteiger partial charge on any atom is -0.487 e. The fourth-order valence-corrected chi connectivity index (χ4v) is 5.89. The van der Waals surface area contributed by atoms with Gasteiger partial charge in [0.2, 0.25) is 5.88 Å². The van der Waals surface area contributed by atoms with E-state index < -0.39 is 36.8 Å². The topological polar surface area (TPSA) is 92.3 Å². The molecule has 1 aromatic carbocycles. The van der Waals surface area contributed by atoms with Crippen molar-refractivity contribution < 1.29 is 40.6 Å². The van der Waals surface area contributed by atoms with Crippen molar-refractivity contribution >= 4 is 43.3 Å². The van der Waals surface area contributed by atoms with Crippen molar-refractivity contribution in [2.75, 3.05) is 0 Å². The van der Waals surface area contributed by atoms with E-state index in [4.69, 9.17) is 13.9 Å². The lowest BCUT2D eigenvalue weighted by Gasteiger charge is -2.22. The highest BCUT2D eigenvalue weighted by atomic mass is 79.9. The molecule has 0 unspecified atom stereocenters. The quantitative estimate of drug-likeness (QED) is 0.146. The van der Waals surface area contributed by atoms with E-state index in [1.807, 2.05) is 0 Å². The predicted octanol–water partition coefficient (Wildman–Crippen LogP) is 7.24. The number of halogens is 6. The van der Waals surface area contributed by atoms with Crippen LogP contribution in [0, 0.1) is 6.01 Å². The highest BCUT2D eigenvalue weighted by Crippen LogP contribution is 2.45. The number of rotatable bonds is 10. The zero-order valence-corrected chi connectivity index (χ0v) is 23.3. The molecule has 4 heterocycles. The van der Waals surface area contributed by atoms with Crippen molar-refractivity contribution in [2.45, 2.75) is 38.5 Å². The molecule has 0 saturated carbocycles. The molecule has 0 bridgehead atoms. The highest BCUT2D eigenvalue weighted by molar-refractivity contribution is 9.10. The smallest absolute Gasteiger partial charge is 0.408 e. The standard InChI is InChI=1S/C26H18BrF5N4O4S/c1-13(37)22(40-24-19-20(27)23(17-6-7-18(28)39-17)41-25(19)34-12-33-24)21(29)15-4-2-3-5-16(15)38-10-14-8-9-35-36(14)11-26(30,31)32/h2-9,12,21-22H,10-11H2,1H3/t21-,22-/m1/s1. The summed E-state index contributed by atoms with van der Waals surface area (Å²) in [6.45, 7) is -0.501. The van der Waals surface area contributed by atoms with Crippen molar-refractivity contribution in [3.05, 3.63) is 76.7 Å². The molecule has 0 N–H and O–H groups in total. The lowest BCUT2D eigenvalue weighted by Crippen LogP contribution is -2.31. The maximum atomic E-state index is 16.0. The van der Waals surface area contributed by atoms with Crippen LogP contribution in [0.5, 0.6) is 11.6 Å². The zero-order chi connectivity index (χ0) is 29.3. The first-order chi connectivity index (χ1) is 19.5. The highest BCUT2D eigenvalue weighted by Gasteiger charge is 2.34. The van der Waals surface area contributed by atoms with Gasteiger partial charge in [-0.1, -0.05) is 18.2 Å². The molecule has 0 aliphatic rings. The van der Waals surface area contributed by atoms with E-state index in [0.29, 0.717) is 19.6 Å². The maximum Gasteiger partial charge on any atom is 0.408 e. The Hall–Kier alpha value is -3.85. The summed E-state index contributed by atoms with van der Waals surface area (Å²) in [5.74, 6) is -0.547. The number of benzene rings is 1. The van der Waals surface area contributed by atoms with E-state index in [1.165, 1.54) is 42.9 Å². The Kier molecular flexibility index (Phi) is 8.09. The van der Waals surface area contributed by atoms with E-state index in [0.717, 1.165) is 29.0 Å². The van der Waals surface area contributed by atoms with Gasteiger partial charge in [0.1, 0.15) is 35.8 Å². The molecule has 0 amide bonds. The Morgan fingerprint density at radius 2 is 1.95 bits per heavy atom. The third-order valence-corrected chi connectivity index (χ3v) is 7.99. The number of carbonyl (C=O) groups is 1. The van der Waals surface area contributed by atoms with Gasteiger partial charge < -0.3 is 13.9 Å². The van der Waals surface area contributed by atoms with Gasteiger partial charge in [-0.3, -0.25) is 9.48 Å². The van der Waals surface area contributed by atoms with Crippen LogP contribution in [0.15, 0.2) is 63.9 Å². The van der Waals surface area contributed by atoms with Gasteiger partial charge in [0.15, 0.2) is 18.1 Å². The lowest BCUT2D eigenvalue weighted by atomic mass is 10.0. The van der Waals surface area contributed by atoms with Crippen LogP contribution < -0.4 is 9.47 Å². The third kappa shape index (κ3) is 6.25. The molecule has 0 radical (unpaired) electrons. The van der Waals surface area contributed by atoms with E-state index in [1.54, 1.807) is 6.07 Å². The molecular weight excluding hydrogens is 639 g/mol. The second-order valence-electron chi connectivity index (χ2n) is 8.68. The lowest BCUT2D eigenvalue weighted by molar-refractivity contribution is -0.143. The molecule has 0 fully saturated rings. The predicted molar refractivity (Wildman–Crippen MR) is 141 cm³/mol. The molecular formula is C26H18BrF5N4O4S. The molecule has 5 aromatic rings. The van der Waals surface area contributed by atoms with Gasteiger partial charge in [-0.05, 0) is 41.1 Å². The average Bonchev–Trinajstić information content (AvgIpc) is 3.63. The van der Waals surface area contributed by atoms with Gasteiger partial charge in [0.25, 0.3) is 6.01 Å². The van der Waals surface area contributed by atoms with E-state index in [9.17, 15) is 22.4 Å². The van der Waals surface area contributed by atoms with Crippen LogP contribution in [-0.2, 0) is 17.9 Å². The van der Waals surface area contributed by atoms with E-state index in [2.05, 4.69) is 31.0 Å². The van der Waals surface area contributed by atoms with E-state index >= 15 is 4.39 Å². The van der Waals surface area contributed by atoms with Crippen molar-refractivity contribution in [1.29, 1.82) is 0 Å². The first-order valence-corrected chi connectivity index (χ1v) is 13.4. The Morgan fingerprint density at radius 3 is 2.66 bits per heavy atom. The first-order valence-electron chi connectivity index (χ1n) is 11.8.